The summed E-state index contributed by atoms with van der Waals surface area (Å²) < 4.78 is 5.52. The van der Waals surface area contributed by atoms with E-state index in [9.17, 15) is 14.7 Å². The van der Waals surface area contributed by atoms with Gasteiger partial charge in [0, 0.05) is 17.6 Å². The molecule has 2 amide bonds. The Kier molecular flexibility index (Phi) is 8.64. The molecular weight excluding hydrogens is 440 g/mol. The fraction of sp³-hybridized carbons (Fsp3) is 0.517. The molecule has 0 fully saturated rings. The molecule has 0 atom stereocenters. The first-order chi connectivity index (χ1) is 16.0. The number of hydrogen-bond donors (Lipinski definition) is 3. The van der Waals surface area contributed by atoms with Gasteiger partial charge in [0.2, 0.25) is 5.91 Å². The zero-order chi connectivity index (χ0) is 26.6. The zero-order valence-corrected chi connectivity index (χ0v) is 22.8. The van der Waals surface area contributed by atoms with Crippen molar-refractivity contribution in [1.82, 2.24) is 5.32 Å². The van der Waals surface area contributed by atoms with Crippen LogP contribution >= 0.6 is 0 Å². The van der Waals surface area contributed by atoms with Gasteiger partial charge in [0.05, 0.1) is 0 Å². The lowest BCUT2D eigenvalue weighted by Crippen LogP contribution is -2.43. The molecular formula is C29H42N2O4. The van der Waals surface area contributed by atoms with Gasteiger partial charge in [-0.05, 0) is 79.0 Å². The number of anilines is 1. The molecule has 0 bridgehead atoms. The van der Waals surface area contributed by atoms with Crippen molar-refractivity contribution < 1.29 is 19.4 Å². The van der Waals surface area contributed by atoms with E-state index in [2.05, 4.69) is 52.2 Å². The lowest BCUT2D eigenvalue weighted by Gasteiger charge is -2.28. The van der Waals surface area contributed by atoms with E-state index in [0.29, 0.717) is 30.0 Å². The molecule has 0 saturated heterocycles. The van der Waals surface area contributed by atoms with Gasteiger partial charge in [-0.3, -0.25) is 9.59 Å². The molecule has 2 aromatic carbocycles. The van der Waals surface area contributed by atoms with Crippen molar-refractivity contribution in [3.63, 3.8) is 0 Å². The van der Waals surface area contributed by atoms with Crippen LogP contribution in [0.4, 0.5) is 5.69 Å². The van der Waals surface area contributed by atoms with Gasteiger partial charge in [-0.15, -0.1) is 0 Å². The second kappa shape index (κ2) is 10.7. The summed E-state index contributed by atoms with van der Waals surface area (Å²) >= 11 is 0. The summed E-state index contributed by atoms with van der Waals surface area (Å²) in [4.78, 5) is 24.5. The standard InChI is InChI=1S/C29H42N2O4/c1-27(2,3)22-16-19(17-23(26(22)34)28(4,5)6)10-15-24(32)30-20-11-13-21(14-12-20)35-18-25(33)31-29(7,8)9/h11-14,16-17,34H,10,15,18H2,1-9H3,(H,30,32)(H,31,33). The maximum Gasteiger partial charge on any atom is 0.258 e. The predicted octanol–water partition coefficient (Wildman–Crippen LogP) is 5.85. The number of aromatic hydroxyl groups is 1. The normalized spacial score (nSPS) is 12.3. The first-order valence-electron chi connectivity index (χ1n) is 12.2. The summed E-state index contributed by atoms with van der Waals surface area (Å²) in [6, 6.07) is 11.0. The fourth-order valence-corrected chi connectivity index (χ4v) is 3.70. The summed E-state index contributed by atoms with van der Waals surface area (Å²) in [5.74, 6) is 0.622. The Balaban J connectivity index is 1.99. The van der Waals surface area contributed by atoms with Gasteiger partial charge in [0.25, 0.3) is 5.91 Å². The van der Waals surface area contributed by atoms with Crippen LogP contribution in [0.15, 0.2) is 36.4 Å². The molecule has 3 N–H and O–H groups in total. The second-order valence-corrected chi connectivity index (χ2v) is 12.2. The molecule has 192 valence electrons. The third-order valence-electron chi connectivity index (χ3n) is 5.45. The number of hydrogen-bond acceptors (Lipinski definition) is 4. The van der Waals surface area contributed by atoms with Crippen LogP contribution < -0.4 is 15.4 Å². The Morgan fingerprint density at radius 2 is 1.34 bits per heavy atom. The lowest BCUT2D eigenvalue weighted by atomic mass is 9.78. The van der Waals surface area contributed by atoms with Crippen LogP contribution in [-0.2, 0) is 26.8 Å². The molecule has 0 aliphatic carbocycles. The Labute approximate surface area is 210 Å². The number of rotatable bonds is 7. The fourth-order valence-electron chi connectivity index (χ4n) is 3.70. The number of amides is 2. The van der Waals surface area contributed by atoms with Gasteiger partial charge in [-0.25, -0.2) is 0 Å². The monoisotopic (exact) mass is 482 g/mol. The Bertz CT molecular complexity index is 1000. The third kappa shape index (κ3) is 8.93. The van der Waals surface area contributed by atoms with Crippen molar-refractivity contribution >= 4 is 17.5 Å². The molecule has 0 unspecified atom stereocenters. The average Bonchev–Trinajstić information content (AvgIpc) is 2.69. The highest BCUT2D eigenvalue weighted by atomic mass is 16.5. The van der Waals surface area contributed by atoms with E-state index in [0.717, 1.165) is 16.7 Å². The molecule has 0 aliphatic rings. The molecule has 35 heavy (non-hydrogen) atoms. The van der Waals surface area contributed by atoms with Crippen molar-refractivity contribution in [2.24, 2.45) is 0 Å². The van der Waals surface area contributed by atoms with Crippen LogP contribution in [0.2, 0.25) is 0 Å². The smallest absolute Gasteiger partial charge is 0.258 e. The Hall–Kier alpha value is -3.02. The number of ether oxygens (including phenoxy) is 1. The van der Waals surface area contributed by atoms with Gasteiger partial charge in [0.15, 0.2) is 6.61 Å². The number of nitrogens with one attached hydrogen (secondary N) is 2. The highest BCUT2D eigenvalue weighted by Crippen LogP contribution is 2.40. The SMILES string of the molecule is CC(C)(C)NC(=O)COc1ccc(NC(=O)CCc2cc(C(C)(C)C)c(O)c(C(C)(C)C)c2)cc1. The average molecular weight is 483 g/mol. The maximum absolute atomic E-state index is 12.6. The van der Waals surface area contributed by atoms with Crippen molar-refractivity contribution in [1.29, 1.82) is 0 Å². The number of phenols is 1. The van der Waals surface area contributed by atoms with Crippen LogP contribution in [0.5, 0.6) is 11.5 Å². The molecule has 0 aromatic heterocycles. The number of aryl methyl sites for hydroxylation is 1. The highest BCUT2D eigenvalue weighted by Gasteiger charge is 2.26. The van der Waals surface area contributed by atoms with Crippen molar-refractivity contribution in [3.05, 3.63) is 53.1 Å². The largest absolute Gasteiger partial charge is 0.507 e. The van der Waals surface area contributed by atoms with Crippen LogP contribution in [0.25, 0.3) is 0 Å². The van der Waals surface area contributed by atoms with E-state index in [1.54, 1.807) is 24.3 Å². The van der Waals surface area contributed by atoms with Crippen molar-refractivity contribution in [3.8, 4) is 11.5 Å². The molecule has 2 rings (SSSR count). The first kappa shape index (κ1) is 28.2. The molecule has 0 heterocycles. The Morgan fingerprint density at radius 3 is 1.80 bits per heavy atom. The quantitative estimate of drug-likeness (QED) is 0.462. The van der Waals surface area contributed by atoms with E-state index in [4.69, 9.17) is 4.74 Å². The van der Waals surface area contributed by atoms with E-state index < -0.39 is 0 Å². The van der Waals surface area contributed by atoms with Gasteiger partial charge in [-0.2, -0.15) is 0 Å². The van der Waals surface area contributed by atoms with Crippen molar-refractivity contribution in [2.75, 3.05) is 11.9 Å². The minimum atomic E-state index is -0.308. The van der Waals surface area contributed by atoms with Gasteiger partial charge in [-0.1, -0.05) is 53.7 Å². The van der Waals surface area contributed by atoms with Crippen LogP contribution in [0.1, 0.15) is 85.4 Å². The highest BCUT2D eigenvalue weighted by molar-refractivity contribution is 5.90. The lowest BCUT2D eigenvalue weighted by molar-refractivity contribution is -0.124. The van der Waals surface area contributed by atoms with E-state index in [-0.39, 0.29) is 34.8 Å². The molecule has 6 heteroatoms. The minimum Gasteiger partial charge on any atom is -0.507 e. The first-order valence-corrected chi connectivity index (χ1v) is 12.2. The van der Waals surface area contributed by atoms with Gasteiger partial charge >= 0.3 is 0 Å². The summed E-state index contributed by atoms with van der Waals surface area (Å²) in [5, 5.41) is 16.6. The topological polar surface area (TPSA) is 87.7 Å². The number of benzene rings is 2. The molecule has 6 nitrogen and oxygen atoms in total. The molecule has 0 spiro atoms. The second-order valence-electron chi connectivity index (χ2n) is 12.2. The third-order valence-corrected chi connectivity index (χ3v) is 5.45. The Morgan fingerprint density at radius 1 is 0.829 bits per heavy atom. The molecule has 2 aromatic rings. The number of carbonyl (C=O) groups excluding carboxylic acids is 2. The van der Waals surface area contributed by atoms with Crippen LogP contribution in [-0.4, -0.2) is 29.1 Å². The summed E-state index contributed by atoms with van der Waals surface area (Å²) in [7, 11) is 0. The van der Waals surface area contributed by atoms with Crippen LogP contribution in [0.3, 0.4) is 0 Å². The van der Waals surface area contributed by atoms with E-state index >= 15 is 0 Å². The zero-order valence-electron chi connectivity index (χ0n) is 22.8. The van der Waals surface area contributed by atoms with Gasteiger partial charge in [0.1, 0.15) is 11.5 Å². The van der Waals surface area contributed by atoms with Crippen LogP contribution in [0, 0.1) is 0 Å². The number of carbonyl (C=O) groups is 2. The summed E-state index contributed by atoms with van der Waals surface area (Å²) in [6.45, 7) is 18.1. The van der Waals surface area contributed by atoms with Crippen molar-refractivity contribution in [2.45, 2.75) is 91.5 Å². The molecule has 0 aliphatic heterocycles. The van der Waals surface area contributed by atoms with E-state index in [1.807, 2.05) is 32.9 Å². The summed E-state index contributed by atoms with van der Waals surface area (Å²) in [6.07, 6.45) is 0.894. The molecule has 0 radical (unpaired) electrons. The molecule has 0 saturated carbocycles. The summed E-state index contributed by atoms with van der Waals surface area (Å²) in [5.41, 5.74) is 2.76. The minimum absolute atomic E-state index is 0.0668. The maximum atomic E-state index is 12.6. The number of phenolic OH excluding ortho intramolecular Hbond substituents is 1. The van der Waals surface area contributed by atoms with E-state index in [1.165, 1.54) is 0 Å². The predicted molar refractivity (Wildman–Crippen MR) is 142 cm³/mol. The van der Waals surface area contributed by atoms with Gasteiger partial charge < -0.3 is 20.5 Å².